The van der Waals surface area contributed by atoms with Gasteiger partial charge in [-0.1, -0.05) is 18.7 Å². The molecule has 1 heterocycles. The maximum absolute atomic E-state index is 12.2. The van der Waals surface area contributed by atoms with Crippen molar-refractivity contribution in [3.8, 4) is 0 Å². The summed E-state index contributed by atoms with van der Waals surface area (Å²) >= 11 is 0. The molecule has 1 aromatic carbocycles. The van der Waals surface area contributed by atoms with Crippen LogP contribution in [0.5, 0.6) is 0 Å². The first-order chi connectivity index (χ1) is 11.3. The van der Waals surface area contributed by atoms with Crippen LogP contribution >= 0.6 is 0 Å². The summed E-state index contributed by atoms with van der Waals surface area (Å²) in [6, 6.07) is 7.87. The highest BCUT2D eigenvalue weighted by Gasteiger charge is 2.20. The largest absolute Gasteiger partial charge is 0.345 e. The fourth-order valence-electron chi connectivity index (χ4n) is 2.71. The summed E-state index contributed by atoms with van der Waals surface area (Å²) in [5, 5.41) is 2.91. The number of carbonyl (C=O) groups is 2. The predicted molar refractivity (Wildman–Crippen MR) is 94.5 cm³/mol. The van der Waals surface area contributed by atoms with Crippen molar-refractivity contribution in [2.75, 3.05) is 13.6 Å². The summed E-state index contributed by atoms with van der Waals surface area (Å²) in [6.45, 7) is 9.47. The molecule has 1 N–H and O–H groups in total. The van der Waals surface area contributed by atoms with Crippen molar-refractivity contribution in [3.05, 3.63) is 42.7 Å². The highest BCUT2D eigenvalue weighted by Crippen LogP contribution is 2.24. The second-order valence-electron chi connectivity index (χ2n) is 6.11. The summed E-state index contributed by atoms with van der Waals surface area (Å²) in [5.74, 6) is 0.284. The average Bonchev–Trinajstić information content (AvgIpc) is 2.93. The molecule has 0 unspecified atom stereocenters. The van der Waals surface area contributed by atoms with Crippen LogP contribution in [0, 0.1) is 0 Å². The molecule has 0 saturated carbocycles. The predicted octanol–water partition coefficient (Wildman–Crippen LogP) is 2.44. The van der Waals surface area contributed by atoms with E-state index in [2.05, 4.69) is 35.3 Å². The van der Waals surface area contributed by atoms with Crippen molar-refractivity contribution in [1.82, 2.24) is 19.8 Å². The highest BCUT2D eigenvalue weighted by molar-refractivity contribution is 5.90. The van der Waals surface area contributed by atoms with Crippen molar-refractivity contribution in [3.63, 3.8) is 0 Å². The molecule has 2 rings (SSSR count). The maximum Gasteiger partial charge on any atom is 0.246 e. The molecular formula is C18H24N4O2. The van der Waals surface area contributed by atoms with Gasteiger partial charge in [0.25, 0.3) is 0 Å². The van der Waals surface area contributed by atoms with E-state index in [1.54, 1.807) is 7.05 Å². The Balaban J connectivity index is 2.20. The summed E-state index contributed by atoms with van der Waals surface area (Å²) in [4.78, 5) is 29.6. The Morgan fingerprint density at radius 1 is 1.33 bits per heavy atom. The van der Waals surface area contributed by atoms with Gasteiger partial charge in [0.2, 0.25) is 11.8 Å². The Labute approximate surface area is 142 Å². The number of likely N-dealkylation sites (N-methyl/N-ethyl adjacent to an activating group) is 1. The van der Waals surface area contributed by atoms with Crippen LogP contribution in [0.1, 0.15) is 38.7 Å². The van der Waals surface area contributed by atoms with E-state index in [0.29, 0.717) is 0 Å². The van der Waals surface area contributed by atoms with Crippen molar-refractivity contribution in [1.29, 1.82) is 0 Å². The van der Waals surface area contributed by atoms with E-state index >= 15 is 0 Å². The minimum absolute atomic E-state index is 0.0168. The van der Waals surface area contributed by atoms with Crippen LogP contribution in [0.15, 0.2) is 36.9 Å². The van der Waals surface area contributed by atoms with Gasteiger partial charge in [-0.3, -0.25) is 9.59 Å². The minimum atomic E-state index is -0.285. The van der Waals surface area contributed by atoms with Gasteiger partial charge in [0.1, 0.15) is 5.82 Å². The number of amides is 2. The van der Waals surface area contributed by atoms with Crippen molar-refractivity contribution in [2.45, 2.75) is 32.9 Å². The van der Waals surface area contributed by atoms with Gasteiger partial charge in [-0.15, -0.1) is 0 Å². The Kier molecular flexibility index (Phi) is 5.39. The smallest absolute Gasteiger partial charge is 0.246 e. The van der Waals surface area contributed by atoms with Crippen molar-refractivity contribution < 1.29 is 9.59 Å². The topological polar surface area (TPSA) is 67.2 Å². The maximum atomic E-state index is 12.2. The van der Waals surface area contributed by atoms with Crippen molar-refractivity contribution in [2.24, 2.45) is 0 Å². The van der Waals surface area contributed by atoms with E-state index in [-0.39, 0.29) is 30.4 Å². The molecule has 0 bridgehead atoms. The number of aromatic nitrogens is 2. The number of hydrogen-bond acceptors (Lipinski definition) is 3. The lowest BCUT2D eigenvalue weighted by molar-refractivity contribution is -0.131. The Bertz CT molecular complexity index is 763. The fraction of sp³-hybridized carbons (Fsp3) is 0.389. The SMILES string of the molecule is C=CC(=O)N(C)CC(=O)N[C@H](C)c1nc2ccccc2n1C(C)C. The van der Waals surface area contributed by atoms with Gasteiger partial charge in [0.05, 0.1) is 23.6 Å². The molecule has 1 aromatic heterocycles. The van der Waals surface area contributed by atoms with E-state index in [1.165, 1.54) is 11.0 Å². The minimum Gasteiger partial charge on any atom is -0.345 e. The molecule has 2 aromatic rings. The van der Waals surface area contributed by atoms with Gasteiger partial charge in [0, 0.05) is 13.1 Å². The van der Waals surface area contributed by atoms with E-state index in [0.717, 1.165) is 16.9 Å². The zero-order valence-electron chi connectivity index (χ0n) is 14.6. The van der Waals surface area contributed by atoms with Crippen LogP contribution in [0.4, 0.5) is 0 Å². The van der Waals surface area contributed by atoms with Gasteiger partial charge < -0.3 is 14.8 Å². The second-order valence-corrected chi connectivity index (χ2v) is 6.11. The third kappa shape index (κ3) is 3.64. The molecule has 2 amide bonds. The van der Waals surface area contributed by atoms with Crippen LogP contribution in [0.2, 0.25) is 0 Å². The second kappa shape index (κ2) is 7.29. The van der Waals surface area contributed by atoms with E-state index in [9.17, 15) is 9.59 Å². The van der Waals surface area contributed by atoms with E-state index in [4.69, 9.17) is 0 Å². The standard InChI is InChI=1S/C18H24N4O2/c1-6-17(24)21(5)11-16(23)19-13(4)18-20-14-9-7-8-10-15(14)22(18)12(2)3/h6-10,12-13H,1,11H2,2-5H3,(H,19,23)/t13-/m1/s1. The number of nitrogens with zero attached hydrogens (tertiary/aromatic N) is 3. The number of nitrogens with one attached hydrogen (secondary N) is 1. The van der Waals surface area contributed by atoms with Crippen LogP contribution in [0.25, 0.3) is 11.0 Å². The zero-order chi connectivity index (χ0) is 17.9. The monoisotopic (exact) mass is 328 g/mol. The van der Waals surface area contributed by atoms with Crippen LogP contribution < -0.4 is 5.32 Å². The first-order valence-electron chi connectivity index (χ1n) is 7.99. The van der Waals surface area contributed by atoms with Gasteiger partial charge in [-0.2, -0.15) is 0 Å². The first-order valence-corrected chi connectivity index (χ1v) is 7.99. The first kappa shape index (κ1) is 17.7. The Morgan fingerprint density at radius 3 is 2.62 bits per heavy atom. The quantitative estimate of drug-likeness (QED) is 0.828. The lowest BCUT2D eigenvalue weighted by Crippen LogP contribution is -2.39. The normalized spacial score (nSPS) is 12.2. The molecule has 0 aliphatic rings. The van der Waals surface area contributed by atoms with Crippen LogP contribution in [-0.2, 0) is 9.59 Å². The number of hydrogen-bond donors (Lipinski definition) is 1. The lowest BCUT2D eigenvalue weighted by Gasteiger charge is -2.20. The molecule has 0 aliphatic carbocycles. The summed E-state index contributed by atoms with van der Waals surface area (Å²) in [7, 11) is 1.57. The van der Waals surface area contributed by atoms with E-state index < -0.39 is 0 Å². The Morgan fingerprint density at radius 2 is 2.00 bits per heavy atom. The Hall–Kier alpha value is -2.63. The molecule has 24 heavy (non-hydrogen) atoms. The number of rotatable bonds is 6. The molecule has 0 fully saturated rings. The van der Waals surface area contributed by atoms with Gasteiger partial charge in [0.15, 0.2) is 0 Å². The lowest BCUT2D eigenvalue weighted by atomic mass is 10.2. The van der Waals surface area contributed by atoms with Crippen LogP contribution in [0.3, 0.4) is 0 Å². The van der Waals surface area contributed by atoms with Crippen molar-refractivity contribution >= 4 is 22.8 Å². The molecular weight excluding hydrogens is 304 g/mol. The third-order valence-corrected chi connectivity index (χ3v) is 3.84. The number of para-hydroxylation sites is 2. The third-order valence-electron chi connectivity index (χ3n) is 3.84. The molecule has 128 valence electrons. The molecule has 0 radical (unpaired) electrons. The summed E-state index contributed by atoms with van der Waals surface area (Å²) < 4.78 is 2.12. The molecule has 0 spiro atoms. The highest BCUT2D eigenvalue weighted by atomic mass is 16.2. The van der Waals surface area contributed by atoms with E-state index in [1.807, 2.05) is 31.2 Å². The zero-order valence-corrected chi connectivity index (χ0v) is 14.6. The molecule has 6 nitrogen and oxygen atoms in total. The van der Waals surface area contributed by atoms with Gasteiger partial charge in [-0.25, -0.2) is 4.98 Å². The number of carbonyl (C=O) groups excluding carboxylic acids is 2. The molecule has 6 heteroatoms. The van der Waals surface area contributed by atoms with Gasteiger partial charge in [-0.05, 0) is 39.0 Å². The fourth-order valence-corrected chi connectivity index (χ4v) is 2.71. The number of imidazole rings is 1. The summed E-state index contributed by atoms with van der Waals surface area (Å²) in [6.07, 6.45) is 1.19. The number of fused-ring (bicyclic) bond motifs is 1. The molecule has 1 atom stereocenters. The average molecular weight is 328 g/mol. The molecule has 0 saturated heterocycles. The molecule has 0 aliphatic heterocycles. The number of benzene rings is 1. The summed E-state index contributed by atoms with van der Waals surface area (Å²) in [5.41, 5.74) is 1.95. The van der Waals surface area contributed by atoms with Crippen LogP contribution in [-0.4, -0.2) is 39.9 Å². The van der Waals surface area contributed by atoms with Gasteiger partial charge >= 0.3 is 0 Å².